The number of carbonyl (C=O) groups is 2. The Kier molecular flexibility index (Phi) is 8.65. The van der Waals surface area contributed by atoms with Crippen molar-refractivity contribution in [3.63, 3.8) is 0 Å². The van der Waals surface area contributed by atoms with Gasteiger partial charge in [0.1, 0.15) is 0 Å². The molecule has 0 saturated carbocycles. The molecule has 0 fully saturated rings. The molecule has 0 aliphatic carbocycles. The summed E-state index contributed by atoms with van der Waals surface area (Å²) in [6, 6.07) is 24.2. The lowest BCUT2D eigenvalue weighted by molar-refractivity contribution is 0.0956. The zero-order valence-electron chi connectivity index (χ0n) is 19.4. The smallest absolute Gasteiger partial charge is 0.273 e. The fraction of sp³-hybridized carbons (Fsp3) is 0.0714. The fourth-order valence-corrected chi connectivity index (χ4v) is 4.54. The van der Waals surface area contributed by atoms with Gasteiger partial charge in [-0.25, -0.2) is 5.43 Å². The number of thioether (sulfide) groups is 1. The molecule has 4 aromatic rings. The van der Waals surface area contributed by atoms with Gasteiger partial charge in [-0.15, -0.1) is 11.8 Å². The molecule has 2 amide bonds. The summed E-state index contributed by atoms with van der Waals surface area (Å²) in [4.78, 5) is 30.9. The molecule has 0 radical (unpaired) electrons. The number of rotatable bonds is 8. The predicted octanol–water partition coefficient (Wildman–Crippen LogP) is 6.46. The molecular formula is C28H23BrN4O2S. The maximum Gasteiger partial charge on any atom is 0.273 e. The molecule has 0 atom stereocenters. The first-order valence-electron chi connectivity index (χ1n) is 11.1. The maximum atomic E-state index is 12.9. The molecule has 4 rings (SSSR count). The summed E-state index contributed by atoms with van der Waals surface area (Å²) in [6.45, 7) is 1.99. The maximum absolute atomic E-state index is 12.9. The Morgan fingerprint density at radius 1 is 0.972 bits per heavy atom. The Morgan fingerprint density at radius 3 is 2.50 bits per heavy atom. The molecule has 36 heavy (non-hydrogen) atoms. The fourth-order valence-electron chi connectivity index (χ4n) is 3.34. The molecule has 0 aliphatic heterocycles. The summed E-state index contributed by atoms with van der Waals surface area (Å²) < 4.78 is 0.712. The van der Waals surface area contributed by atoms with Crippen LogP contribution in [-0.4, -0.2) is 23.0 Å². The number of hydrogen-bond acceptors (Lipinski definition) is 5. The van der Waals surface area contributed by atoms with E-state index in [1.807, 2.05) is 55.5 Å². The number of aryl methyl sites for hydroxylation is 1. The van der Waals surface area contributed by atoms with Gasteiger partial charge in [-0.05, 0) is 60.5 Å². The van der Waals surface area contributed by atoms with Gasteiger partial charge < -0.3 is 5.32 Å². The second-order valence-electron chi connectivity index (χ2n) is 7.93. The van der Waals surface area contributed by atoms with Crippen LogP contribution < -0.4 is 10.7 Å². The van der Waals surface area contributed by atoms with Gasteiger partial charge in [-0.2, -0.15) is 5.10 Å². The second kappa shape index (κ2) is 12.3. The van der Waals surface area contributed by atoms with Crippen LogP contribution in [-0.2, 0) is 5.75 Å². The summed E-state index contributed by atoms with van der Waals surface area (Å²) in [7, 11) is 0. The molecule has 0 spiro atoms. The Morgan fingerprint density at radius 2 is 1.75 bits per heavy atom. The third-order valence-electron chi connectivity index (χ3n) is 5.17. The third-order valence-corrected chi connectivity index (χ3v) is 6.74. The standard InChI is InChI=1S/C28H23BrN4O2S/c1-19-3-2-4-21(15-19)17-31-33-28(35)25-16-23(29)9-10-26(25)32-27(34)22-7-5-20(6-8-22)18-36-24-11-13-30-14-12-24/h2-17H,18H2,1H3,(H,32,34)(H,33,35)/b31-17+. The van der Waals surface area contributed by atoms with Crippen LogP contribution in [0.25, 0.3) is 0 Å². The molecule has 1 heterocycles. The summed E-state index contributed by atoms with van der Waals surface area (Å²) in [5, 5.41) is 6.90. The minimum absolute atomic E-state index is 0.296. The lowest BCUT2D eigenvalue weighted by Gasteiger charge is -2.11. The average molecular weight is 559 g/mol. The number of benzene rings is 3. The van der Waals surface area contributed by atoms with Crippen molar-refractivity contribution in [2.75, 3.05) is 5.32 Å². The van der Waals surface area contributed by atoms with Crippen LogP contribution in [0.3, 0.4) is 0 Å². The highest BCUT2D eigenvalue weighted by atomic mass is 79.9. The molecular weight excluding hydrogens is 536 g/mol. The molecule has 0 aliphatic rings. The van der Waals surface area contributed by atoms with Crippen LogP contribution in [0.15, 0.2) is 106 Å². The Balaban J connectivity index is 1.40. The van der Waals surface area contributed by atoms with Gasteiger partial charge in [0.2, 0.25) is 0 Å². The van der Waals surface area contributed by atoms with Crippen molar-refractivity contribution in [3.05, 3.63) is 124 Å². The first-order valence-corrected chi connectivity index (χ1v) is 12.9. The number of carbonyl (C=O) groups excluding carboxylic acids is 2. The van der Waals surface area contributed by atoms with Gasteiger partial charge in [0, 0.05) is 33.1 Å². The topological polar surface area (TPSA) is 83.5 Å². The van der Waals surface area contributed by atoms with E-state index < -0.39 is 5.91 Å². The van der Waals surface area contributed by atoms with Crippen LogP contribution in [0.4, 0.5) is 5.69 Å². The van der Waals surface area contributed by atoms with Crippen LogP contribution in [0.5, 0.6) is 0 Å². The summed E-state index contributed by atoms with van der Waals surface area (Å²) in [6.07, 6.45) is 5.11. The number of anilines is 1. The van der Waals surface area contributed by atoms with E-state index in [4.69, 9.17) is 0 Å². The number of nitrogens with zero attached hydrogens (tertiary/aromatic N) is 2. The number of aromatic nitrogens is 1. The lowest BCUT2D eigenvalue weighted by atomic mass is 10.1. The quantitative estimate of drug-likeness (QED) is 0.147. The van der Waals surface area contributed by atoms with E-state index >= 15 is 0 Å². The number of amides is 2. The van der Waals surface area contributed by atoms with E-state index in [1.165, 1.54) is 0 Å². The highest BCUT2D eigenvalue weighted by molar-refractivity contribution is 9.10. The summed E-state index contributed by atoms with van der Waals surface area (Å²) >= 11 is 5.09. The number of hydrogen-bond donors (Lipinski definition) is 2. The molecule has 6 nitrogen and oxygen atoms in total. The van der Waals surface area contributed by atoms with Crippen molar-refractivity contribution < 1.29 is 9.59 Å². The van der Waals surface area contributed by atoms with Crippen molar-refractivity contribution in [3.8, 4) is 0 Å². The minimum atomic E-state index is -0.431. The van der Waals surface area contributed by atoms with Crippen molar-refractivity contribution in [1.82, 2.24) is 10.4 Å². The van der Waals surface area contributed by atoms with Crippen LogP contribution in [0.2, 0.25) is 0 Å². The van der Waals surface area contributed by atoms with E-state index in [1.54, 1.807) is 60.7 Å². The Hall–Kier alpha value is -3.75. The Bertz CT molecular complexity index is 1390. The molecule has 2 N–H and O–H groups in total. The van der Waals surface area contributed by atoms with E-state index in [0.29, 0.717) is 21.3 Å². The summed E-state index contributed by atoms with van der Waals surface area (Å²) in [5.74, 6) is 0.0494. The van der Waals surface area contributed by atoms with E-state index in [0.717, 1.165) is 27.3 Å². The Labute approximate surface area is 222 Å². The molecule has 180 valence electrons. The third kappa shape index (κ3) is 7.13. The van der Waals surface area contributed by atoms with Crippen molar-refractivity contribution in [2.24, 2.45) is 5.10 Å². The second-order valence-corrected chi connectivity index (χ2v) is 9.89. The van der Waals surface area contributed by atoms with Gasteiger partial charge in [0.25, 0.3) is 11.8 Å². The molecule has 3 aromatic carbocycles. The van der Waals surface area contributed by atoms with Crippen LogP contribution in [0.1, 0.15) is 37.4 Å². The highest BCUT2D eigenvalue weighted by Crippen LogP contribution is 2.24. The average Bonchev–Trinajstić information content (AvgIpc) is 2.89. The number of halogens is 1. The van der Waals surface area contributed by atoms with Crippen LogP contribution in [0, 0.1) is 6.92 Å². The molecule has 0 bridgehead atoms. The molecule has 0 saturated heterocycles. The van der Waals surface area contributed by atoms with Crippen LogP contribution >= 0.6 is 27.7 Å². The number of nitrogens with one attached hydrogen (secondary N) is 2. The number of pyridine rings is 1. The molecule has 0 unspecified atom stereocenters. The van der Waals surface area contributed by atoms with E-state index in [-0.39, 0.29) is 5.91 Å². The van der Waals surface area contributed by atoms with Gasteiger partial charge >= 0.3 is 0 Å². The number of hydrazone groups is 1. The lowest BCUT2D eigenvalue weighted by Crippen LogP contribution is -2.21. The SMILES string of the molecule is Cc1cccc(/C=N/NC(=O)c2cc(Br)ccc2NC(=O)c2ccc(CSc3ccncc3)cc2)c1. The zero-order chi connectivity index (χ0) is 25.3. The minimum Gasteiger partial charge on any atom is -0.321 e. The van der Waals surface area contributed by atoms with Gasteiger partial charge in [0.15, 0.2) is 0 Å². The monoisotopic (exact) mass is 558 g/mol. The first kappa shape index (κ1) is 25.3. The largest absolute Gasteiger partial charge is 0.321 e. The normalized spacial score (nSPS) is 10.8. The predicted molar refractivity (Wildman–Crippen MR) is 149 cm³/mol. The van der Waals surface area contributed by atoms with Gasteiger partial charge in [-0.3, -0.25) is 14.6 Å². The van der Waals surface area contributed by atoms with Gasteiger partial charge in [0.05, 0.1) is 17.5 Å². The highest BCUT2D eigenvalue weighted by Gasteiger charge is 2.15. The van der Waals surface area contributed by atoms with Crippen molar-refractivity contribution >= 4 is 51.4 Å². The van der Waals surface area contributed by atoms with Gasteiger partial charge in [-0.1, -0.05) is 57.9 Å². The molecule has 8 heteroatoms. The first-order chi connectivity index (χ1) is 17.5. The zero-order valence-corrected chi connectivity index (χ0v) is 21.8. The van der Waals surface area contributed by atoms with Crippen molar-refractivity contribution in [2.45, 2.75) is 17.6 Å². The van der Waals surface area contributed by atoms with Crippen molar-refractivity contribution in [1.29, 1.82) is 0 Å². The van der Waals surface area contributed by atoms with E-state index in [9.17, 15) is 9.59 Å². The van der Waals surface area contributed by atoms with E-state index in [2.05, 4.69) is 36.8 Å². The molecule has 1 aromatic heterocycles. The summed E-state index contributed by atoms with van der Waals surface area (Å²) in [5.41, 5.74) is 6.80.